The maximum atomic E-state index is 16.2. The van der Waals surface area contributed by atoms with E-state index >= 15 is 4.39 Å². The minimum Gasteiger partial charge on any atom is -0.395 e. The summed E-state index contributed by atoms with van der Waals surface area (Å²) < 4.78 is 71.8. The third kappa shape index (κ3) is 6.03. The molecule has 2 aliphatic heterocycles. The van der Waals surface area contributed by atoms with Gasteiger partial charge in [-0.25, -0.2) is 21.6 Å². The van der Waals surface area contributed by atoms with Crippen molar-refractivity contribution in [2.24, 2.45) is 5.41 Å². The molecule has 1 aliphatic carbocycles. The van der Waals surface area contributed by atoms with Crippen LogP contribution in [-0.4, -0.2) is 68.4 Å². The number of nitrogens with one attached hydrogen (secondary N) is 2. The second kappa shape index (κ2) is 11.4. The van der Waals surface area contributed by atoms with E-state index in [9.17, 15) is 27.1 Å². The highest BCUT2D eigenvalue weighted by Crippen LogP contribution is 2.54. The molecule has 0 bridgehead atoms. The van der Waals surface area contributed by atoms with E-state index in [0.717, 1.165) is 12.8 Å². The standard InChI is InChI=1S/C31H36F3N5O4S/c1-20(19-40)44(42,43)37-22-4-5-23(25(18-22)38-13-8-30(6-7-30)9-14-38)29(41)36-24-17-21-3-2-12-35-27(21)28(26(24)32)39-15-10-31(33,34)11-16-39/h2-5,12,17-18,20,37,40H,6-11,13-16,19H2,1H3,(H,36,41)/t20-/m1/s1. The van der Waals surface area contributed by atoms with E-state index < -0.39 is 52.4 Å². The fraction of sp³-hybridized carbons (Fsp3) is 0.484. The molecule has 9 nitrogen and oxygen atoms in total. The Labute approximate surface area is 254 Å². The van der Waals surface area contributed by atoms with Gasteiger partial charge < -0.3 is 20.2 Å². The summed E-state index contributed by atoms with van der Waals surface area (Å²) in [6.45, 7) is 2.10. The average molecular weight is 632 g/mol. The third-order valence-corrected chi connectivity index (χ3v) is 11.0. The van der Waals surface area contributed by atoms with E-state index in [-0.39, 0.29) is 35.7 Å². The van der Waals surface area contributed by atoms with E-state index in [1.54, 1.807) is 23.1 Å². The van der Waals surface area contributed by atoms with Gasteiger partial charge in [-0.1, -0.05) is 6.07 Å². The van der Waals surface area contributed by atoms with Gasteiger partial charge in [-0.2, -0.15) is 0 Å². The lowest BCUT2D eigenvalue weighted by atomic mass is 9.93. The van der Waals surface area contributed by atoms with Crippen molar-refractivity contribution in [3.8, 4) is 0 Å². The number of carbonyl (C=O) groups excluding carboxylic acids is 1. The number of benzene rings is 2. The lowest BCUT2D eigenvalue weighted by Gasteiger charge is -2.35. The highest BCUT2D eigenvalue weighted by Gasteiger charge is 2.45. The zero-order chi connectivity index (χ0) is 31.3. The van der Waals surface area contributed by atoms with Crippen LogP contribution in [0.15, 0.2) is 42.6 Å². The molecule has 0 unspecified atom stereocenters. The number of sulfonamides is 1. The predicted octanol–water partition coefficient (Wildman–Crippen LogP) is 5.36. The Morgan fingerprint density at radius 2 is 1.70 bits per heavy atom. The van der Waals surface area contributed by atoms with Gasteiger partial charge in [-0.15, -0.1) is 0 Å². The summed E-state index contributed by atoms with van der Waals surface area (Å²) >= 11 is 0. The molecule has 2 saturated heterocycles. The molecule has 44 heavy (non-hydrogen) atoms. The van der Waals surface area contributed by atoms with Gasteiger partial charge in [0.2, 0.25) is 10.0 Å². The molecule has 0 radical (unpaired) electrons. The van der Waals surface area contributed by atoms with Crippen molar-refractivity contribution in [2.75, 3.05) is 52.6 Å². The Morgan fingerprint density at radius 1 is 1.02 bits per heavy atom. The minimum atomic E-state index is -3.88. The van der Waals surface area contributed by atoms with E-state index in [1.165, 1.54) is 44.2 Å². The van der Waals surface area contributed by atoms with Crippen LogP contribution >= 0.6 is 0 Å². The summed E-state index contributed by atoms with van der Waals surface area (Å²) in [7, 11) is -3.88. The number of aromatic nitrogens is 1. The van der Waals surface area contributed by atoms with Crippen LogP contribution in [0.25, 0.3) is 10.9 Å². The van der Waals surface area contributed by atoms with Crippen LogP contribution in [0, 0.1) is 11.2 Å². The summed E-state index contributed by atoms with van der Waals surface area (Å²) in [6.07, 6.45) is 4.96. The van der Waals surface area contributed by atoms with Crippen LogP contribution in [0.1, 0.15) is 55.8 Å². The molecule has 3 aliphatic rings. The molecule has 1 atom stereocenters. The Hall–Kier alpha value is -3.58. The smallest absolute Gasteiger partial charge is 0.257 e. The summed E-state index contributed by atoms with van der Waals surface area (Å²) in [5.74, 6) is -4.17. The zero-order valence-corrected chi connectivity index (χ0v) is 25.3. The largest absolute Gasteiger partial charge is 0.395 e. The first-order valence-electron chi connectivity index (χ1n) is 14.9. The van der Waals surface area contributed by atoms with Crippen molar-refractivity contribution in [2.45, 2.75) is 56.6 Å². The molecule has 3 N–H and O–H groups in total. The summed E-state index contributed by atoms with van der Waals surface area (Å²) in [6, 6.07) is 9.45. The Morgan fingerprint density at radius 3 is 2.36 bits per heavy atom. The number of nitrogens with zero attached hydrogens (tertiary/aromatic N) is 3. The number of halogens is 3. The number of piperidine rings is 2. The van der Waals surface area contributed by atoms with Crippen molar-refractivity contribution >= 4 is 49.6 Å². The number of amides is 1. The maximum Gasteiger partial charge on any atom is 0.257 e. The van der Waals surface area contributed by atoms with Gasteiger partial charge in [0.15, 0.2) is 5.82 Å². The minimum absolute atomic E-state index is 0.0557. The summed E-state index contributed by atoms with van der Waals surface area (Å²) in [5.41, 5.74) is 1.64. The van der Waals surface area contributed by atoms with Crippen molar-refractivity contribution in [3.05, 3.63) is 54.0 Å². The first kappa shape index (κ1) is 30.4. The van der Waals surface area contributed by atoms with Crippen molar-refractivity contribution in [1.29, 1.82) is 0 Å². The number of anilines is 4. The van der Waals surface area contributed by atoms with Crippen LogP contribution in [0.2, 0.25) is 0 Å². The molecule has 1 spiro atoms. The molecule has 13 heteroatoms. The fourth-order valence-corrected chi connectivity index (χ4v) is 6.97. The molecule has 3 aromatic rings. The molecule has 3 heterocycles. The van der Waals surface area contributed by atoms with Crippen LogP contribution in [0.3, 0.4) is 0 Å². The number of aliphatic hydroxyl groups is 1. The lowest BCUT2D eigenvalue weighted by Crippen LogP contribution is -2.40. The van der Waals surface area contributed by atoms with Gasteiger partial charge in [0.1, 0.15) is 10.9 Å². The Kier molecular flexibility index (Phi) is 7.89. The monoisotopic (exact) mass is 631 g/mol. The highest BCUT2D eigenvalue weighted by atomic mass is 32.2. The second-order valence-corrected chi connectivity index (χ2v) is 14.4. The van der Waals surface area contributed by atoms with Gasteiger partial charge in [0.25, 0.3) is 11.8 Å². The zero-order valence-electron chi connectivity index (χ0n) is 24.5. The second-order valence-electron chi connectivity index (χ2n) is 12.3. The summed E-state index contributed by atoms with van der Waals surface area (Å²) in [5, 5.41) is 11.6. The average Bonchev–Trinajstić information content (AvgIpc) is 3.76. The number of pyridine rings is 1. The normalized spacial score (nSPS) is 20.0. The molecule has 1 amide bonds. The molecule has 2 aromatic carbocycles. The molecule has 1 aromatic heterocycles. The summed E-state index contributed by atoms with van der Waals surface area (Å²) in [4.78, 5) is 21.7. The number of alkyl halides is 2. The van der Waals surface area contributed by atoms with Gasteiger partial charge in [0, 0.05) is 50.6 Å². The topological polar surface area (TPSA) is 115 Å². The van der Waals surface area contributed by atoms with Gasteiger partial charge in [-0.05, 0) is 68.4 Å². The molecule has 1 saturated carbocycles. The third-order valence-electron chi connectivity index (χ3n) is 9.28. The number of fused-ring (bicyclic) bond motifs is 1. The predicted molar refractivity (Wildman–Crippen MR) is 165 cm³/mol. The van der Waals surface area contributed by atoms with E-state index in [0.29, 0.717) is 35.1 Å². The molecule has 6 rings (SSSR count). The molecule has 3 fully saturated rings. The number of hydrogen-bond donors (Lipinski definition) is 3. The SMILES string of the molecule is C[C@H](CO)S(=O)(=O)Nc1ccc(C(=O)Nc2cc3cccnc3c(N3CCC(F)(F)CC3)c2F)c(N2CCC3(CC2)CC3)c1. The van der Waals surface area contributed by atoms with Crippen molar-refractivity contribution in [1.82, 2.24) is 4.98 Å². The van der Waals surface area contributed by atoms with Crippen LogP contribution < -0.4 is 19.8 Å². The van der Waals surface area contributed by atoms with Crippen LogP contribution in [0.5, 0.6) is 0 Å². The lowest BCUT2D eigenvalue weighted by molar-refractivity contribution is -0.0221. The quantitative estimate of drug-likeness (QED) is 0.307. The van der Waals surface area contributed by atoms with Gasteiger partial charge in [-0.3, -0.25) is 14.5 Å². The first-order chi connectivity index (χ1) is 20.9. The Bertz CT molecular complexity index is 1680. The number of hydrogen-bond acceptors (Lipinski definition) is 7. The highest BCUT2D eigenvalue weighted by molar-refractivity contribution is 7.93. The Balaban J connectivity index is 1.34. The van der Waals surface area contributed by atoms with E-state index in [4.69, 9.17) is 0 Å². The molecule has 236 valence electrons. The van der Waals surface area contributed by atoms with Crippen molar-refractivity contribution in [3.63, 3.8) is 0 Å². The van der Waals surface area contributed by atoms with E-state index in [2.05, 4.69) is 15.0 Å². The van der Waals surface area contributed by atoms with Gasteiger partial charge in [0.05, 0.1) is 34.7 Å². The first-order valence-corrected chi connectivity index (χ1v) is 16.5. The number of aliphatic hydroxyl groups excluding tert-OH is 1. The van der Waals surface area contributed by atoms with Crippen LogP contribution in [-0.2, 0) is 10.0 Å². The molecular weight excluding hydrogens is 595 g/mol. The van der Waals surface area contributed by atoms with E-state index in [1.807, 2.05) is 4.90 Å². The molecular formula is C31H36F3N5O4S. The number of rotatable bonds is 8. The van der Waals surface area contributed by atoms with Gasteiger partial charge >= 0.3 is 0 Å². The van der Waals surface area contributed by atoms with Crippen LogP contribution in [0.4, 0.5) is 35.9 Å². The number of carbonyl (C=O) groups is 1. The maximum absolute atomic E-state index is 16.2. The fourth-order valence-electron chi connectivity index (χ4n) is 6.12. The van der Waals surface area contributed by atoms with Crippen molar-refractivity contribution < 1.29 is 31.5 Å².